The predicted octanol–water partition coefficient (Wildman–Crippen LogP) is 3.54. The summed E-state index contributed by atoms with van der Waals surface area (Å²) in [6.45, 7) is 9.26. The summed E-state index contributed by atoms with van der Waals surface area (Å²) in [5.74, 6) is 0. The Morgan fingerprint density at radius 3 is 2.47 bits per heavy atom. The first-order chi connectivity index (χ1) is 9.17. The summed E-state index contributed by atoms with van der Waals surface area (Å²) in [5.41, 5.74) is 1.19. The number of benzene rings is 1. The minimum Gasteiger partial charge on any atom is -0.379 e. The molecule has 0 amide bonds. The first kappa shape index (κ1) is 16.6. The lowest BCUT2D eigenvalue weighted by Crippen LogP contribution is -2.27. The van der Waals surface area contributed by atoms with Crippen LogP contribution in [0, 0.1) is 0 Å². The summed E-state index contributed by atoms with van der Waals surface area (Å²) >= 11 is 3.46. The summed E-state index contributed by atoms with van der Waals surface area (Å²) in [6.07, 6.45) is 0.149. The largest absolute Gasteiger partial charge is 0.379 e. The molecule has 108 valence electrons. The van der Waals surface area contributed by atoms with Gasteiger partial charge in [0.1, 0.15) is 0 Å². The Kier molecular flexibility index (Phi) is 8.30. The Morgan fingerprint density at radius 1 is 1.21 bits per heavy atom. The normalized spacial score (nSPS) is 14.3. The van der Waals surface area contributed by atoms with E-state index in [2.05, 4.69) is 40.3 Å². The molecule has 2 atom stereocenters. The standard InChI is InChI=1S/C15H24BrNO2/c1-4-17-10-15(19-12(3)11-18-5-2)13-6-8-14(16)9-7-13/h6-9,12,15,17H,4-5,10-11H2,1-3H3. The fourth-order valence-electron chi connectivity index (χ4n) is 1.80. The molecule has 0 fully saturated rings. The maximum Gasteiger partial charge on any atom is 0.0954 e. The molecule has 0 saturated carbocycles. The van der Waals surface area contributed by atoms with E-state index in [0.717, 1.165) is 24.2 Å². The van der Waals surface area contributed by atoms with Crippen molar-refractivity contribution in [2.75, 3.05) is 26.3 Å². The Bertz CT molecular complexity index is 343. The summed E-state index contributed by atoms with van der Waals surface area (Å²) in [7, 11) is 0. The lowest BCUT2D eigenvalue weighted by Gasteiger charge is -2.23. The van der Waals surface area contributed by atoms with Gasteiger partial charge in [0.25, 0.3) is 0 Å². The zero-order chi connectivity index (χ0) is 14.1. The fraction of sp³-hybridized carbons (Fsp3) is 0.600. The summed E-state index contributed by atoms with van der Waals surface area (Å²) in [6, 6.07) is 8.29. The van der Waals surface area contributed by atoms with E-state index in [1.165, 1.54) is 5.56 Å². The smallest absolute Gasteiger partial charge is 0.0954 e. The number of rotatable bonds is 9. The van der Waals surface area contributed by atoms with Crippen LogP contribution >= 0.6 is 15.9 Å². The summed E-state index contributed by atoms with van der Waals surface area (Å²) in [4.78, 5) is 0. The van der Waals surface area contributed by atoms with Crippen LogP contribution < -0.4 is 5.32 Å². The number of hydrogen-bond acceptors (Lipinski definition) is 3. The SMILES string of the molecule is CCNCC(OC(C)COCC)c1ccc(Br)cc1. The van der Waals surface area contributed by atoms with Gasteiger partial charge < -0.3 is 14.8 Å². The fourth-order valence-corrected chi connectivity index (χ4v) is 2.07. The maximum atomic E-state index is 6.08. The van der Waals surface area contributed by atoms with Crippen molar-refractivity contribution < 1.29 is 9.47 Å². The highest BCUT2D eigenvalue weighted by Crippen LogP contribution is 2.21. The van der Waals surface area contributed by atoms with Crippen LogP contribution in [0.25, 0.3) is 0 Å². The molecule has 3 nitrogen and oxygen atoms in total. The second-order valence-electron chi connectivity index (χ2n) is 4.45. The van der Waals surface area contributed by atoms with Crippen LogP contribution in [0.3, 0.4) is 0 Å². The molecule has 2 unspecified atom stereocenters. The minimum atomic E-state index is 0.0588. The molecule has 1 rings (SSSR count). The molecule has 0 aliphatic heterocycles. The molecule has 19 heavy (non-hydrogen) atoms. The van der Waals surface area contributed by atoms with E-state index in [9.17, 15) is 0 Å². The molecule has 0 saturated heterocycles. The van der Waals surface area contributed by atoms with E-state index < -0.39 is 0 Å². The lowest BCUT2D eigenvalue weighted by atomic mass is 10.1. The van der Waals surface area contributed by atoms with Crippen molar-refractivity contribution in [1.82, 2.24) is 5.32 Å². The minimum absolute atomic E-state index is 0.0588. The summed E-state index contributed by atoms with van der Waals surface area (Å²) in [5, 5.41) is 3.35. The highest BCUT2D eigenvalue weighted by Gasteiger charge is 2.15. The molecule has 0 radical (unpaired) electrons. The molecular weight excluding hydrogens is 306 g/mol. The van der Waals surface area contributed by atoms with E-state index in [1.807, 2.05) is 26.0 Å². The quantitative estimate of drug-likeness (QED) is 0.751. The van der Waals surface area contributed by atoms with Gasteiger partial charge in [0.05, 0.1) is 18.8 Å². The molecule has 4 heteroatoms. The Labute approximate surface area is 124 Å². The average Bonchev–Trinajstić information content (AvgIpc) is 2.42. The van der Waals surface area contributed by atoms with Crippen LogP contribution in [0.5, 0.6) is 0 Å². The van der Waals surface area contributed by atoms with Crippen molar-refractivity contribution in [3.05, 3.63) is 34.3 Å². The summed E-state index contributed by atoms with van der Waals surface area (Å²) < 4.78 is 12.6. The van der Waals surface area contributed by atoms with Crippen molar-refractivity contribution in [2.45, 2.75) is 33.0 Å². The third kappa shape index (κ3) is 6.52. The molecule has 0 spiro atoms. The lowest BCUT2D eigenvalue weighted by molar-refractivity contribution is -0.0468. The third-order valence-electron chi connectivity index (χ3n) is 2.77. The van der Waals surface area contributed by atoms with Gasteiger partial charge in [-0.3, -0.25) is 0 Å². The van der Waals surface area contributed by atoms with E-state index in [0.29, 0.717) is 6.61 Å². The Hall–Kier alpha value is -0.420. The first-order valence-electron chi connectivity index (χ1n) is 6.86. The average molecular weight is 330 g/mol. The zero-order valence-electron chi connectivity index (χ0n) is 12.0. The van der Waals surface area contributed by atoms with Gasteiger partial charge in [-0.15, -0.1) is 0 Å². The maximum absolute atomic E-state index is 6.08. The molecular formula is C15H24BrNO2. The molecule has 0 aliphatic carbocycles. The van der Waals surface area contributed by atoms with Gasteiger partial charge in [-0.05, 0) is 38.1 Å². The second kappa shape index (κ2) is 9.48. The van der Waals surface area contributed by atoms with Crippen LogP contribution in [0.15, 0.2) is 28.7 Å². The highest BCUT2D eigenvalue weighted by molar-refractivity contribution is 9.10. The van der Waals surface area contributed by atoms with Gasteiger partial charge in [-0.2, -0.15) is 0 Å². The first-order valence-corrected chi connectivity index (χ1v) is 7.66. The van der Waals surface area contributed by atoms with Crippen molar-refractivity contribution in [1.29, 1.82) is 0 Å². The highest BCUT2D eigenvalue weighted by atomic mass is 79.9. The van der Waals surface area contributed by atoms with Gasteiger partial charge in [-0.25, -0.2) is 0 Å². The van der Waals surface area contributed by atoms with Crippen LogP contribution in [-0.2, 0) is 9.47 Å². The Morgan fingerprint density at radius 2 is 1.89 bits per heavy atom. The van der Waals surface area contributed by atoms with Gasteiger partial charge in [0, 0.05) is 17.6 Å². The zero-order valence-corrected chi connectivity index (χ0v) is 13.6. The second-order valence-corrected chi connectivity index (χ2v) is 5.37. The van der Waals surface area contributed by atoms with Gasteiger partial charge in [0.15, 0.2) is 0 Å². The van der Waals surface area contributed by atoms with Gasteiger partial charge >= 0.3 is 0 Å². The predicted molar refractivity (Wildman–Crippen MR) is 82.5 cm³/mol. The van der Waals surface area contributed by atoms with Crippen molar-refractivity contribution in [3.63, 3.8) is 0 Å². The van der Waals surface area contributed by atoms with Crippen LogP contribution in [0.2, 0.25) is 0 Å². The van der Waals surface area contributed by atoms with Crippen LogP contribution in [0.4, 0.5) is 0 Å². The van der Waals surface area contributed by atoms with Crippen LogP contribution in [0.1, 0.15) is 32.4 Å². The van der Waals surface area contributed by atoms with Crippen LogP contribution in [-0.4, -0.2) is 32.4 Å². The van der Waals surface area contributed by atoms with Crippen molar-refractivity contribution in [3.8, 4) is 0 Å². The number of hydrogen-bond donors (Lipinski definition) is 1. The molecule has 0 bridgehead atoms. The number of ether oxygens (including phenoxy) is 2. The van der Waals surface area contributed by atoms with Crippen molar-refractivity contribution in [2.24, 2.45) is 0 Å². The monoisotopic (exact) mass is 329 g/mol. The number of halogens is 1. The van der Waals surface area contributed by atoms with E-state index in [1.54, 1.807) is 0 Å². The number of nitrogens with one attached hydrogen (secondary N) is 1. The van der Waals surface area contributed by atoms with Crippen molar-refractivity contribution >= 4 is 15.9 Å². The third-order valence-corrected chi connectivity index (χ3v) is 3.30. The molecule has 0 heterocycles. The van der Waals surface area contributed by atoms with E-state index >= 15 is 0 Å². The molecule has 1 aromatic rings. The van der Waals surface area contributed by atoms with Gasteiger partial charge in [0.2, 0.25) is 0 Å². The molecule has 0 aliphatic rings. The van der Waals surface area contributed by atoms with Gasteiger partial charge in [-0.1, -0.05) is 35.0 Å². The molecule has 0 aromatic heterocycles. The molecule has 1 aromatic carbocycles. The molecule has 1 N–H and O–H groups in total. The van der Waals surface area contributed by atoms with E-state index in [-0.39, 0.29) is 12.2 Å². The van der Waals surface area contributed by atoms with E-state index in [4.69, 9.17) is 9.47 Å². The number of likely N-dealkylation sites (N-methyl/N-ethyl adjacent to an activating group) is 1. The topological polar surface area (TPSA) is 30.5 Å². The Balaban J connectivity index is 2.62.